The summed E-state index contributed by atoms with van der Waals surface area (Å²) in [5, 5.41) is 17.6. The van der Waals surface area contributed by atoms with Crippen LogP contribution in [0.3, 0.4) is 0 Å². The highest BCUT2D eigenvalue weighted by molar-refractivity contribution is 5.43. The normalized spacial score (nSPS) is 11.4. The Hall–Kier alpha value is -2.87. The molecule has 0 fully saturated rings. The smallest absolute Gasteiger partial charge is 0.149 e. The lowest BCUT2D eigenvalue weighted by molar-refractivity contribution is -0.271. The van der Waals surface area contributed by atoms with Gasteiger partial charge in [0, 0.05) is 5.56 Å². The average Bonchev–Trinajstić information content (AvgIpc) is 2.50. The molecule has 1 unspecified atom stereocenters. The number of hydrogen-bond acceptors (Lipinski definition) is 3. The summed E-state index contributed by atoms with van der Waals surface area (Å²) in [7, 11) is 0. The first-order valence-corrected chi connectivity index (χ1v) is 6.53. The Balaban J connectivity index is 2.61. The molecule has 3 nitrogen and oxygen atoms in total. The summed E-state index contributed by atoms with van der Waals surface area (Å²) in [6, 6.07) is 4.42. The maximum absolute atomic E-state index is 14.2. The molecule has 0 saturated carbocycles. The zero-order valence-electron chi connectivity index (χ0n) is 12.2. The third-order valence-electron chi connectivity index (χ3n) is 3.19. The van der Waals surface area contributed by atoms with Crippen LogP contribution in [0.5, 0.6) is 0 Å². The van der Waals surface area contributed by atoms with Gasteiger partial charge in [0.15, 0.2) is 0 Å². The Morgan fingerprint density at radius 1 is 1.00 bits per heavy atom. The molecule has 0 aliphatic rings. The van der Waals surface area contributed by atoms with Crippen molar-refractivity contribution in [3.05, 3.63) is 69.8 Å². The van der Waals surface area contributed by atoms with Crippen LogP contribution in [0.4, 0.5) is 17.6 Å². The molecular weight excluding hydrogens is 326 g/mol. The average molecular weight is 335 g/mol. The Labute approximate surface area is 134 Å². The molecule has 2 aromatic carbocycles. The van der Waals surface area contributed by atoms with Crippen molar-refractivity contribution in [3.63, 3.8) is 0 Å². The van der Waals surface area contributed by atoms with E-state index in [9.17, 15) is 17.6 Å². The summed E-state index contributed by atoms with van der Waals surface area (Å²) in [5.41, 5.74) is -1.96. The van der Waals surface area contributed by atoms with Gasteiger partial charge in [0.25, 0.3) is 0 Å². The van der Waals surface area contributed by atoms with Crippen LogP contribution >= 0.6 is 0 Å². The molecule has 0 aliphatic heterocycles. The number of nitrogens with zero attached hydrogens (tertiary/aromatic N) is 1. The molecule has 1 atom stereocenters. The Bertz CT molecular complexity index is 848. The van der Waals surface area contributed by atoms with E-state index in [1.54, 1.807) is 0 Å². The van der Waals surface area contributed by atoms with Crippen LogP contribution in [0.15, 0.2) is 24.3 Å². The summed E-state index contributed by atoms with van der Waals surface area (Å²) < 4.78 is 55.7. The SMILES string of the molecule is CC#Cc1cc(F)c(C(OO)c2cc(F)c(C#N)c(F)c2)c(F)c1. The van der Waals surface area contributed by atoms with Gasteiger partial charge in [-0.15, -0.1) is 5.92 Å². The summed E-state index contributed by atoms with van der Waals surface area (Å²) in [6.07, 6.45) is -1.83. The minimum atomic E-state index is -1.83. The van der Waals surface area contributed by atoms with Crippen LogP contribution in [-0.4, -0.2) is 5.26 Å². The lowest BCUT2D eigenvalue weighted by atomic mass is 9.97. The fraction of sp³-hybridized carbons (Fsp3) is 0.118. The van der Waals surface area contributed by atoms with Crippen molar-refractivity contribution in [2.45, 2.75) is 13.0 Å². The van der Waals surface area contributed by atoms with Crippen LogP contribution in [0.2, 0.25) is 0 Å². The van der Waals surface area contributed by atoms with E-state index in [4.69, 9.17) is 10.5 Å². The highest BCUT2D eigenvalue weighted by Gasteiger charge is 2.26. The molecule has 7 heteroatoms. The maximum Gasteiger partial charge on any atom is 0.149 e. The second-order valence-electron chi connectivity index (χ2n) is 4.69. The molecule has 0 aromatic heterocycles. The molecule has 0 spiro atoms. The number of rotatable bonds is 3. The van der Waals surface area contributed by atoms with E-state index in [1.165, 1.54) is 13.0 Å². The highest BCUT2D eigenvalue weighted by atomic mass is 19.1. The van der Waals surface area contributed by atoms with Crippen molar-refractivity contribution in [2.24, 2.45) is 0 Å². The second kappa shape index (κ2) is 7.14. The van der Waals surface area contributed by atoms with E-state index in [0.29, 0.717) is 12.1 Å². The minimum absolute atomic E-state index is 0.0464. The van der Waals surface area contributed by atoms with Gasteiger partial charge in [-0.3, -0.25) is 5.26 Å². The van der Waals surface area contributed by atoms with Crippen molar-refractivity contribution >= 4 is 0 Å². The largest absolute Gasteiger partial charge is 0.251 e. The standard InChI is InChI=1S/C17H9F4NO2/c1-2-3-9-4-14(20)16(15(21)5-9)17(24-23)10-6-12(18)11(8-22)13(19)7-10/h4-7,17,23H,1H3. The van der Waals surface area contributed by atoms with E-state index >= 15 is 0 Å². The summed E-state index contributed by atoms with van der Waals surface area (Å²) in [5.74, 6) is 0.203. The van der Waals surface area contributed by atoms with Crippen molar-refractivity contribution < 1.29 is 27.7 Å². The zero-order chi connectivity index (χ0) is 17.9. The van der Waals surface area contributed by atoms with Gasteiger partial charge in [-0.25, -0.2) is 22.4 Å². The third-order valence-corrected chi connectivity index (χ3v) is 3.19. The molecule has 1 N–H and O–H groups in total. The lowest BCUT2D eigenvalue weighted by Crippen LogP contribution is -2.11. The quantitative estimate of drug-likeness (QED) is 0.398. The van der Waals surface area contributed by atoms with Crippen LogP contribution in [-0.2, 0) is 4.89 Å². The van der Waals surface area contributed by atoms with Gasteiger partial charge in [0.05, 0.1) is 5.56 Å². The van der Waals surface area contributed by atoms with Gasteiger partial charge in [-0.1, -0.05) is 5.92 Å². The Kier molecular flexibility index (Phi) is 5.20. The second-order valence-corrected chi connectivity index (χ2v) is 4.69. The van der Waals surface area contributed by atoms with E-state index in [0.717, 1.165) is 12.1 Å². The van der Waals surface area contributed by atoms with E-state index in [1.807, 2.05) is 0 Å². The molecule has 2 rings (SSSR count). The molecule has 0 saturated heterocycles. The van der Waals surface area contributed by atoms with Gasteiger partial charge in [-0.2, -0.15) is 5.26 Å². The Morgan fingerprint density at radius 2 is 1.54 bits per heavy atom. The number of hydrogen-bond donors (Lipinski definition) is 1. The number of nitriles is 1. The number of halogens is 4. The molecule has 0 heterocycles. The van der Waals surface area contributed by atoms with Gasteiger partial charge in [-0.05, 0) is 36.8 Å². The van der Waals surface area contributed by atoms with Gasteiger partial charge >= 0.3 is 0 Å². The van der Waals surface area contributed by atoms with Gasteiger partial charge < -0.3 is 0 Å². The van der Waals surface area contributed by atoms with Gasteiger partial charge in [0.2, 0.25) is 0 Å². The molecule has 0 radical (unpaired) electrons. The summed E-state index contributed by atoms with van der Waals surface area (Å²) in [6.45, 7) is 1.48. The highest BCUT2D eigenvalue weighted by Crippen LogP contribution is 2.32. The van der Waals surface area contributed by atoms with Crippen molar-refractivity contribution in [1.29, 1.82) is 5.26 Å². The van der Waals surface area contributed by atoms with E-state index < -0.39 is 46.1 Å². The van der Waals surface area contributed by atoms with Gasteiger partial charge in [0.1, 0.15) is 41.0 Å². The number of benzene rings is 2. The lowest BCUT2D eigenvalue weighted by Gasteiger charge is -2.17. The van der Waals surface area contributed by atoms with E-state index in [-0.39, 0.29) is 5.56 Å². The van der Waals surface area contributed by atoms with Crippen LogP contribution in [0.1, 0.15) is 35.3 Å². The van der Waals surface area contributed by atoms with Crippen LogP contribution in [0.25, 0.3) is 0 Å². The van der Waals surface area contributed by atoms with Crippen molar-refractivity contribution in [2.75, 3.05) is 0 Å². The predicted molar refractivity (Wildman–Crippen MR) is 75.5 cm³/mol. The van der Waals surface area contributed by atoms with Crippen LogP contribution in [0, 0.1) is 46.4 Å². The maximum atomic E-state index is 14.2. The molecular formula is C17H9F4NO2. The predicted octanol–water partition coefficient (Wildman–Crippen LogP) is 4.07. The third kappa shape index (κ3) is 3.23. The van der Waals surface area contributed by atoms with E-state index in [2.05, 4.69) is 16.7 Å². The first-order valence-electron chi connectivity index (χ1n) is 6.53. The van der Waals surface area contributed by atoms with Crippen molar-refractivity contribution in [1.82, 2.24) is 0 Å². The van der Waals surface area contributed by atoms with Crippen molar-refractivity contribution in [3.8, 4) is 17.9 Å². The molecule has 0 bridgehead atoms. The zero-order valence-corrected chi connectivity index (χ0v) is 12.2. The summed E-state index contributed by atoms with van der Waals surface area (Å²) >= 11 is 0. The Morgan fingerprint density at radius 3 is 1.96 bits per heavy atom. The monoisotopic (exact) mass is 335 g/mol. The topological polar surface area (TPSA) is 53.2 Å². The molecule has 122 valence electrons. The molecule has 0 amide bonds. The molecule has 24 heavy (non-hydrogen) atoms. The first-order chi connectivity index (χ1) is 11.4. The first kappa shape index (κ1) is 17.5. The van der Waals surface area contributed by atoms with Crippen LogP contribution < -0.4 is 0 Å². The molecule has 2 aromatic rings. The fourth-order valence-electron chi connectivity index (χ4n) is 2.18. The molecule has 0 aliphatic carbocycles. The minimum Gasteiger partial charge on any atom is -0.251 e. The summed E-state index contributed by atoms with van der Waals surface area (Å²) in [4.78, 5) is 4.04. The fourth-order valence-corrected chi connectivity index (χ4v) is 2.18.